The molecule has 136 valence electrons. The summed E-state index contributed by atoms with van der Waals surface area (Å²) < 4.78 is 1.83. The van der Waals surface area contributed by atoms with Crippen LogP contribution in [-0.4, -0.2) is 22.1 Å². The molecular weight excluding hydrogens is 322 g/mol. The third kappa shape index (κ3) is 3.51. The first kappa shape index (κ1) is 17.2. The number of nitrogens with zero attached hydrogens (tertiary/aromatic N) is 2. The lowest BCUT2D eigenvalue weighted by Gasteiger charge is -2.23. The molecule has 0 aliphatic heterocycles. The Morgan fingerprint density at radius 3 is 2.62 bits per heavy atom. The van der Waals surface area contributed by atoms with Crippen LogP contribution in [0.15, 0.2) is 41.2 Å². The molecule has 0 unspecified atom stereocenters. The molecule has 0 radical (unpaired) electrons. The lowest BCUT2D eigenvalue weighted by Crippen LogP contribution is -2.33. The van der Waals surface area contributed by atoms with E-state index in [2.05, 4.69) is 11.4 Å². The van der Waals surface area contributed by atoms with E-state index in [0.29, 0.717) is 6.04 Å². The van der Waals surface area contributed by atoms with Crippen molar-refractivity contribution in [3.05, 3.63) is 52.6 Å². The van der Waals surface area contributed by atoms with Gasteiger partial charge in [-0.2, -0.15) is 0 Å². The SMILES string of the molecule is Cc1nc2cc3ccccc3cc2c(=O)n1CCCNC1CCCCC1. The monoisotopic (exact) mass is 349 g/mol. The van der Waals surface area contributed by atoms with Crippen molar-refractivity contribution in [3.63, 3.8) is 0 Å². The van der Waals surface area contributed by atoms with Gasteiger partial charge in [0.1, 0.15) is 5.82 Å². The molecule has 26 heavy (non-hydrogen) atoms. The summed E-state index contributed by atoms with van der Waals surface area (Å²) in [5, 5.41) is 6.59. The van der Waals surface area contributed by atoms with Crippen molar-refractivity contribution >= 4 is 21.7 Å². The van der Waals surface area contributed by atoms with Gasteiger partial charge in [-0.3, -0.25) is 9.36 Å². The predicted molar refractivity (Wildman–Crippen MR) is 108 cm³/mol. The highest BCUT2D eigenvalue weighted by Crippen LogP contribution is 2.20. The summed E-state index contributed by atoms with van der Waals surface area (Å²) in [5.74, 6) is 0.801. The number of aryl methyl sites for hydroxylation is 1. The molecule has 1 fully saturated rings. The van der Waals surface area contributed by atoms with Crippen LogP contribution < -0.4 is 10.9 Å². The number of nitrogens with one attached hydrogen (secondary N) is 1. The van der Waals surface area contributed by atoms with Crippen molar-refractivity contribution in [2.75, 3.05) is 6.54 Å². The normalized spacial score (nSPS) is 15.7. The third-order valence-corrected chi connectivity index (χ3v) is 5.61. The minimum atomic E-state index is 0.0796. The summed E-state index contributed by atoms with van der Waals surface area (Å²) in [6.45, 7) is 3.62. The summed E-state index contributed by atoms with van der Waals surface area (Å²) in [6.07, 6.45) is 7.62. The zero-order chi connectivity index (χ0) is 17.9. The van der Waals surface area contributed by atoms with Crippen molar-refractivity contribution in [2.24, 2.45) is 0 Å². The molecule has 1 aliphatic rings. The zero-order valence-corrected chi connectivity index (χ0v) is 15.5. The molecule has 0 amide bonds. The van der Waals surface area contributed by atoms with Gasteiger partial charge in [-0.15, -0.1) is 0 Å². The topological polar surface area (TPSA) is 46.9 Å². The molecule has 4 rings (SSSR count). The highest BCUT2D eigenvalue weighted by molar-refractivity contribution is 5.96. The first-order valence-corrected chi connectivity index (χ1v) is 9.86. The summed E-state index contributed by atoms with van der Waals surface area (Å²) in [6, 6.07) is 12.8. The van der Waals surface area contributed by atoms with E-state index in [-0.39, 0.29) is 5.56 Å². The first-order chi connectivity index (χ1) is 12.7. The molecule has 2 aromatic carbocycles. The van der Waals surface area contributed by atoms with E-state index >= 15 is 0 Å². The standard InChI is InChI=1S/C22H27N3O/c1-16-24-21-15-18-9-6-5-8-17(18)14-20(21)22(26)25(16)13-7-12-23-19-10-3-2-4-11-19/h5-6,8-9,14-15,19,23H,2-4,7,10-13H2,1H3. The largest absolute Gasteiger partial charge is 0.314 e. The number of benzene rings is 2. The number of fused-ring (bicyclic) bond motifs is 2. The second-order valence-corrected chi connectivity index (χ2v) is 7.47. The van der Waals surface area contributed by atoms with E-state index in [0.717, 1.165) is 47.0 Å². The number of aromatic nitrogens is 2. The molecule has 0 bridgehead atoms. The maximum absolute atomic E-state index is 13.0. The van der Waals surface area contributed by atoms with Gasteiger partial charge >= 0.3 is 0 Å². The molecule has 1 saturated carbocycles. The maximum Gasteiger partial charge on any atom is 0.261 e. The summed E-state index contributed by atoms with van der Waals surface area (Å²) in [7, 11) is 0. The average Bonchev–Trinajstić information content (AvgIpc) is 2.67. The fourth-order valence-electron chi connectivity index (χ4n) is 4.13. The second kappa shape index (κ2) is 7.58. The summed E-state index contributed by atoms with van der Waals surface area (Å²) >= 11 is 0. The van der Waals surface area contributed by atoms with E-state index in [1.54, 1.807) is 0 Å². The van der Waals surface area contributed by atoms with Gasteiger partial charge in [-0.25, -0.2) is 4.98 Å². The Morgan fingerprint density at radius 2 is 1.85 bits per heavy atom. The molecule has 1 aromatic heterocycles. The van der Waals surface area contributed by atoms with Crippen LogP contribution in [-0.2, 0) is 6.54 Å². The Labute approximate surface area is 154 Å². The predicted octanol–water partition coefficient (Wildman–Crippen LogP) is 4.17. The molecule has 0 saturated heterocycles. The molecule has 4 nitrogen and oxygen atoms in total. The summed E-state index contributed by atoms with van der Waals surface area (Å²) in [5.41, 5.74) is 0.874. The highest BCUT2D eigenvalue weighted by atomic mass is 16.1. The van der Waals surface area contributed by atoms with Gasteiger partial charge in [-0.1, -0.05) is 43.5 Å². The third-order valence-electron chi connectivity index (χ3n) is 5.61. The molecular formula is C22H27N3O. The first-order valence-electron chi connectivity index (χ1n) is 9.86. The van der Waals surface area contributed by atoms with Crippen LogP contribution in [0.4, 0.5) is 0 Å². The molecule has 3 aromatic rings. The molecule has 0 atom stereocenters. The van der Waals surface area contributed by atoms with Crippen molar-refractivity contribution in [2.45, 2.75) is 58.0 Å². The van der Waals surface area contributed by atoms with Gasteiger partial charge in [0.25, 0.3) is 5.56 Å². The van der Waals surface area contributed by atoms with Crippen molar-refractivity contribution in [3.8, 4) is 0 Å². The Kier molecular flexibility index (Phi) is 5.02. The van der Waals surface area contributed by atoms with E-state index in [9.17, 15) is 4.79 Å². The average molecular weight is 349 g/mol. The molecule has 4 heteroatoms. The highest BCUT2D eigenvalue weighted by Gasteiger charge is 2.13. The fourth-order valence-corrected chi connectivity index (χ4v) is 4.13. The lowest BCUT2D eigenvalue weighted by molar-refractivity contribution is 0.368. The van der Waals surface area contributed by atoms with Crippen LogP contribution in [0.1, 0.15) is 44.3 Å². The summed E-state index contributed by atoms with van der Waals surface area (Å²) in [4.78, 5) is 17.7. The van der Waals surface area contributed by atoms with Crippen LogP contribution >= 0.6 is 0 Å². The number of hydrogen-bond acceptors (Lipinski definition) is 3. The Morgan fingerprint density at radius 1 is 1.12 bits per heavy atom. The van der Waals surface area contributed by atoms with Crippen LogP contribution in [0.5, 0.6) is 0 Å². The van der Waals surface area contributed by atoms with Crippen molar-refractivity contribution < 1.29 is 0 Å². The Balaban J connectivity index is 1.52. The van der Waals surface area contributed by atoms with Gasteiger partial charge in [0, 0.05) is 12.6 Å². The second-order valence-electron chi connectivity index (χ2n) is 7.47. The zero-order valence-electron chi connectivity index (χ0n) is 15.5. The minimum Gasteiger partial charge on any atom is -0.314 e. The lowest BCUT2D eigenvalue weighted by atomic mass is 9.95. The molecule has 1 aliphatic carbocycles. The molecule has 1 N–H and O–H groups in total. The van der Waals surface area contributed by atoms with E-state index in [1.807, 2.05) is 41.8 Å². The maximum atomic E-state index is 13.0. The van der Waals surface area contributed by atoms with Crippen LogP contribution in [0.3, 0.4) is 0 Å². The van der Waals surface area contributed by atoms with E-state index in [1.165, 1.54) is 32.1 Å². The van der Waals surface area contributed by atoms with Crippen LogP contribution in [0.25, 0.3) is 21.7 Å². The quantitative estimate of drug-likeness (QED) is 0.555. The fraction of sp³-hybridized carbons (Fsp3) is 0.455. The molecule has 0 spiro atoms. The van der Waals surface area contributed by atoms with Gasteiger partial charge in [-0.05, 0) is 55.6 Å². The smallest absolute Gasteiger partial charge is 0.261 e. The minimum absolute atomic E-state index is 0.0796. The Hall–Kier alpha value is -2.20. The van der Waals surface area contributed by atoms with Crippen molar-refractivity contribution in [1.29, 1.82) is 0 Å². The van der Waals surface area contributed by atoms with Gasteiger partial charge in [0.2, 0.25) is 0 Å². The van der Waals surface area contributed by atoms with E-state index in [4.69, 9.17) is 4.98 Å². The van der Waals surface area contributed by atoms with Crippen LogP contribution in [0, 0.1) is 6.92 Å². The molecule has 1 heterocycles. The number of rotatable bonds is 5. The van der Waals surface area contributed by atoms with Gasteiger partial charge in [0.05, 0.1) is 10.9 Å². The number of hydrogen-bond donors (Lipinski definition) is 1. The van der Waals surface area contributed by atoms with Gasteiger partial charge < -0.3 is 5.32 Å². The van der Waals surface area contributed by atoms with E-state index < -0.39 is 0 Å². The Bertz CT molecular complexity index is 970. The van der Waals surface area contributed by atoms with Gasteiger partial charge in [0.15, 0.2) is 0 Å². The van der Waals surface area contributed by atoms with Crippen LogP contribution in [0.2, 0.25) is 0 Å². The van der Waals surface area contributed by atoms with Crippen molar-refractivity contribution in [1.82, 2.24) is 14.9 Å².